The zero-order valence-corrected chi connectivity index (χ0v) is 9.65. The van der Waals surface area contributed by atoms with Crippen molar-refractivity contribution in [2.75, 3.05) is 26.4 Å². The molecule has 0 aromatic carbocycles. The van der Waals surface area contributed by atoms with Crippen molar-refractivity contribution in [1.29, 1.82) is 0 Å². The number of nitrogens with two attached hydrogens (primary N) is 1. The van der Waals surface area contributed by atoms with Crippen molar-refractivity contribution in [3.05, 3.63) is 0 Å². The highest BCUT2D eigenvalue weighted by Crippen LogP contribution is 2.30. The van der Waals surface area contributed by atoms with E-state index < -0.39 is 0 Å². The van der Waals surface area contributed by atoms with Crippen molar-refractivity contribution in [3.63, 3.8) is 0 Å². The van der Waals surface area contributed by atoms with Crippen LogP contribution in [0, 0.1) is 0 Å². The molecule has 0 spiro atoms. The molecule has 0 amide bonds. The molecule has 3 heteroatoms. The first-order chi connectivity index (χ1) is 6.25. The van der Waals surface area contributed by atoms with E-state index in [1.807, 2.05) is 0 Å². The average Bonchev–Trinajstić information content (AvgIpc) is 2.15. The normalized spacial score (nSPS) is 29.5. The zero-order valence-electron chi connectivity index (χ0n) is 8.83. The second-order valence-electron chi connectivity index (χ2n) is 4.01. The van der Waals surface area contributed by atoms with E-state index in [4.69, 9.17) is 5.73 Å². The molecule has 1 aliphatic heterocycles. The Hall–Kier alpha value is 0.270. The van der Waals surface area contributed by atoms with E-state index in [0.717, 1.165) is 17.8 Å². The molecule has 0 aliphatic carbocycles. The Bertz CT molecular complexity index is 139. The fourth-order valence-corrected chi connectivity index (χ4v) is 3.58. The minimum Gasteiger partial charge on any atom is -0.330 e. The Labute approximate surface area is 86.2 Å². The van der Waals surface area contributed by atoms with Gasteiger partial charge in [0.15, 0.2) is 0 Å². The molecule has 2 nitrogen and oxygen atoms in total. The third-order valence-corrected chi connectivity index (χ3v) is 4.26. The van der Waals surface area contributed by atoms with Crippen LogP contribution in [-0.2, 0) is 0 Å². The molecular weight excluding hydrogens is 180 g/mol. The molecule has 1 fully saturated rings. The van der Waals surface area contributed by atoms with E-state index in [9.17, 15) is 0 Å². The van der Waals surface area contributed by atoms with Gasteiger partial charge in [0.05, 0.1) is 0 Å². The number of thioether (sulfide) groups is 1. The molecule has 78 valence electrons. The van der Waals surface area contributed by atoms with Gasteiger partial charge >= 0.3 is 0 Å². The number of rotatable bonds is 4. The Morgan fingerprint density at radius 1 is 1.46 bits per heavy atom. The fourth-order valence-electron chi connectivity index (χ4n) is 2.01. The van der Waals surface area contributed by atoms with Gasteiger partial charge in [-0.1, -0.05) is 0 Å². The van der Waals surface area contributed by atoms with Gasteiger partial charge in [0.25, 0.3) is 0 Å². The molecule has 0 aromatic heterocycles. The Morgan fingerprint density at radius 2 is 2.23 bits per heavy atom. The maximum Gasteiger partial charge on any atom is 0.0208 e. The summed E-state index contributed by atoms with van der Waals surface area (Å²) >= 11 is 2.14. The first-order valence-electron chi connectivity index (χ1n) is 5.24. The number of nitrogens with zero attached hydrogens (tertiary/aromatic N) is 1. The first-order valence-corrected chi connectivity index (χ1v) is 6.28. The molecule has 2 atom stereocenters. The van der Waals surface area contributed by atoms with Crippen molar-refractivity contribution in [2.24, 2.45) is 5.73 Å². The van der Waals surface area contributed by atoms with Gasteiger partial charge in [0.2, 0.25) is 0 Å². The summed E-state index contributed by atoms with van der Waals surface area (Å²) in [6.07, 6.45) is 5.23. The van der Waals surface area contributed by atoms with Crippen molar-refractivity contribution < 1.29 is 0 Å². The third kappa shape index (κ3) is 3.49. The van der Waals surface area contributed by atoms with Gasteiger partial charge in [0.1, 0.15) is 0 Å². The van der Waals surface area contributed by atoms with Crippen LogP contribution >= 0.6 is 11.8 Å². The summed E-state index contributed by atoms with van der Waals surface area (Å²) in [7, 11) is 4.40. The van der Waals surface area contributed by atoms with Gasteiger partial charge in [-0.2, -0.15) is 11.8 Å². The summed E-state index contributed by atoms with van der Waals surface area (Å²) < 4.78 is 0. The van der Waals surface area contributed by atoms with Crippen LogP contribution in [0.25, 0.3) is 0 Å². The highest BCUT2D eigenvalue weighted by molar-refractivity contribution is 8.00. The van der Waals surface area contributed by atoms with Crippen LogP contribution < -0.4 is 5.73 Å². The topological polar surface area (TPSA) is 29.3 Å². The monoisotopic (exact) mass is 202 g/mol. The van der Waals surface area contributed by atoms with Gasteiger partial charge in [0, 0.05) is 11.3 Å². The van der Waals surface area contributed by atoms with Crippen LogP contribution in [0.1, 0.15) is 25.7 Å². The predicted octanol–water partition coefficient (Wildman–Crippen LogP) is 1.55. The lowest BCUT2D eigenvalue weighted by Gasteiger charge is -2.35. The van der Waals surface area contributed by atoms with Crippen molar-refractivity contribution in [3.8, 4) is 0 Å². The van der Waals surface area contributed by atoms with Gasteiger partial charge in [-0.05, 0) is 52.1 Å². The molecule has 0 bridgehead atoms. The van der Waals surface area contributed by atoms with Crippen LogP contribution in [0.15, 0.2) is 0 Å². The average molecular weight is 202 g/mol. The van der Waals surface area contributed by atoms with E-state index in [0.29, 0.717) is 0 Å². The van der Waals surface area contributed by atoms with E-state index in [1.54, 1.807) is 0 Å². The lowest BCUT2D eigenvalue weighted by molar-refractivity contribution is 0.259. The molecule has 1 rings (SSSR count). The van der Waals surface area contributed by atoms with Crippen molar-refractivity contribution in [1.82, 2.24) is 4.90 Å². The Morgan fingerprint density at radius 3 is 2.85 bits per heavy atom. The second kappa shape index (κ2) is 5.89. The summed E-state index contributed by atoms with van der Waals surface area (Å²) in [6.45, 7) is 0.844. The molecular formula is C10H22N2S. The molecule has 2 unspecified atom stereocenters. The maximum atomic E-state index is 5.54. The van der Waals surface area contributed by atoms with Crippen LogP contribution in [0.5, 0.6) is 0 Å². The molecule has 2 N–H and O–H groups in total. The molecule has 1 heterocycles. The Balaban J connectivity index is 2.37. The summed E-state index contributed by atoms with van der Waals surface area (Å²) in [5.41, 5.74) is 5.54. The largest absolute Gasteiger partial charge is 0.330 e. The summed E-state index contributed by atoms with van der Waals surface area (Å²) in [6, 6.07) is 0.783. The van der Waals surface area contributed by atoms with Gasteiger partial charge in [-0.15, -0.1) is 0 Å². The van der Waals surface area contributed by atoms with E-state index in [2.05, 4.69) is 30.8 Å². The van der Waals surface area contributed by atoms with Gasteiger partial charge < -0.3 is 10.6 Å². The lowest BCUT2D eigenvalue weighted by atomic mass is 10.0. The first kappa shape index (κ1) is 11.3. The van der Waals surface area contributed by atoms with Gasteiger partial charge in [-0.3, -0.25) is 0 Å². The molecule has 0 saturated carbocycles. The molecule has 13 heavy (non-hydrogen) atoms. The van der Waals surface area contributed by atoms with Crippen LogP contribution in [0.2, 0.25) is 0 Å². The minimum atomic E-state index is 0.783. The summed E-state index contributed by atoms with van der Waals surface area (Å²) in [5.74, 6) is 1.35. The predicted molar refractivity (Wildman–Crippen MR) is 61.2 cm³/mol. The quantitative estimate of drug-likeness (QED) is 0.750. The fraction of sp³-hybridized carbons (Fsp3) is 1.00. The molecule has 1 saturated heterocycles. The van der Waals surface area contributed by atoms with Gasteiger partial charge in [-0.25, -0.2) is 0 Å². The Kier molecular flexibility index (Phi) is 5.14. The number of hydrogen-bond acceptors (Lipinski definition) is 3. The van der Waals surface area contributed by atoms with E-state index >= 15 is 0 Å². The van der Waals surface area contributed by atoms with Crippen LogP contribution in [0.4, 0.5) is 0 Å². The van der Waals surface area contributed by atoms with E-state index in [1.165, 1.54) is 31.4 Å². The highest BCUT2D eigenvalue weighted by atomic mass is 32.2. The summed E-state index contributed by atoms with van der Waals surface area (Å²) in [5, 5.41) is 0.826. The highest BCUT2D eigenvalue weighted by Gasteiger charge is 2.26. The summed E-state index contributed by atoms with van der Waals surface area (Å²) in [4.78, 5) is 2.38. The third-order valence-electron chi connectivity index (χ3n) is 2.76. The minimum absolute atomic E-state index is 0.783. The van der Waals surface area contributed by atoms with Crippen molar-refractivity contribution in [2.45, 2.75) is 37.0 Å². The molecule has 1 aliphatic rings. The molecule has 0 aromatic rings. The van der Waals surface area contributed by atoms with E-state index in [-0.39, 0.29) is 0 Å². The lowest BCUT2D eigenvalue weighted by Crippen LogP contribution is -2.40. The SMILES string of the molecule is CN(C)C1CCCSC1CCCN. The second-order valence-corrected chi connectivity index (χ2v) is 5.36. The smallest absolute Gasteiger partial charge is 0.0208 e. The maximum absolute atomic E-state index is 5.54. The van der Waals surface area contributed by atoms with Crippen LogP contribution in [-0.4, -0.2) is 42.6 Å². The standard InChI is InChI=1S/C10H22N2S/c1-12(2)9-5-4-8-13-10(9)6-3-7-11/h9-10H,3-8,11H2,1-2H3. The zero-order chi connectivity index (χ0) is 9.68. The molecule has 0 radical (unpaired) electrons. The number of hydrogen-bond donors (Lipinski definition) is 1. The van der Waals surface area contributed by atoms with Crippen molar-refractivity contribution >= 4 is 11.8 Å². The van der Waals surface area contributed by atoms with Crippen LogP contribution in [0.3, 0.4) is 0 Å².